The van der Waals surface area contributed by atoms with E-state index >= 15 is 0 Å². The molecule has 0 aliphatic rings. The Hall–Kier alpha value is -2.24. The Bertz CT molecular complexity index is 636. The number of benzene rings is 1. The molecular weight excluding hydrogens is 254 g/mol. The Labute approximate surface area is 108 Å². The number of nitrogens with zero attached hydrogens (tertiary/aromatic N) is 2. The first-order chi connectivity index (χ1) is 8.91. The van der Waals surface area contributed by atoms with Gasteiger partial charge in [-0.15, -0.1) is 0 Å². The van der Waals surface area contributed by atoms with Crippen LogP contribution in [0.5, 0.6) is 0 Å². The molecule has 0 fully saturated rings. The number of aromatic nitrogens is 2. The first-order valence-corrected chi connectivity index (χ1v) is 5.67. The lowest BCUT2D eigenvalue weighted by molar-refractivity contribution is 0.0690. The van der Waals surface area contributed by atoms with Gasteiger partial charge in [0.25, 0.3) is 0 Å². The van der Waals surface area contributed by atoms with Crippen molar-refractivity contribution in [3.8, 4) is 11.1 Å². The molecule has 0 radical (unpaired) electrons. The minimum absolute atomic E-state index is 0.00519. The summed E-state index contributed by atoms with van der Waals surface area (Å²) in [7, 11) is 0. The van der Waals surface area contributed by atoms with E-state index in [2.05, 4.69) is 5.10 Å². The summed E-state index contributed by atoms with van der Waals surface area (Å²) in [4.78, 5) is 10.7. The van der Waals surface area contributed by atoms with Gasteiger partial charge in [-0.1, -0.05) is 6.07 Å². The summed E-state index contributed by atoms with van der Waals surface area (Å²) in [6.07, 6.45) is 3.00. The number of halogens is 2. The molecule has 4 nitrogen and oxygen atoms in total. The second kappa shape index (κ2) is 4.79. The summed E-state index contributed by atoms with van der Waals surface area (Å²) < 4.78 is 29.0. The van der Waals surface area contributed by atoms with Gasteiger partial charge in [-0.3, -0.25) is 4.68 Å². The van der Waals surface area contributed by atoms with Gasteiger partial charge < -0.3 is 5.11 Å². The van der Waals surface area contributed by atoms with E-state index in [0.29, 0.717) is 5.56 Å². The SMILES string of the molecule is CC(C)n1cc(-c2ccc(C(=O)O)c(F)c2F)cn1. The van der Waals surface area contributed by atoms with Crippen molar-refractivity contribution in [3.05, 3.63) is 41.7 Å². The summed E-state index contributed by atoms with van der Waals surface area (Å²) in [5.41, 5.74) is -0.283. The molecule has 0 amide bonds. The highest BCUT2D eigenvalue weighted by molar-refractivity contribution is 5.88. The van der Waals surface area contributed by atoms with Gasteiger partial charge >= 0.3 is 5.97 Å². The molecule has 6 heteroatoms. The first kappa shape index (κ1) is 13.2. The van der Waals surface area contributed by atoms with Gasteiger partial charge in [0.15, 0.2) is 11.6 Å². The van der Waals surface area contributed by atoms with E-state index < -0.39 is 23.2 Å². The fourth-order valence-corrected chi connectivity index (χ4v) is 1.70. The molecule has 0 spiro atoms. The maximum Gasteiger partial charge on any atom is 0.338 e. The van der Waals surface area contributed by atoms with E-state index in [-0.39, 0.29) is 11.6 Å². The van der Waals surface area contributed by atoms with Crippen molar-refractivity contribution in [2.45, 2.75) is 19.9 Å². The average Bonchev–Trinajstić information content (AvgIpc) is 2.81. The Morgan fingerprint density at radius 2 is 2.00 bits per heavy atom. The van der Waals surface area contributed by atoms with Gasteiger partial charge in [0.1, 0.15) is 0 Å². The summed E-state index contributed by atoms with van der Waals surface area (Å²) >= 11 is 0. The van der Waals surface area contributed by atoms with Gasteiger partial charge in [-0.25, -0.2) is 13.6 Å². The van der Waals surface area contributed by atoms with Crippen molar-refractivity contribution >= 4 is 5.97 Å². The van der Waals surface area contributed by atoms with E-state index in [0.717, 1.165) is 6.07 Å². The molecule has 1 aromatic heterocycles. The summed E-state index contributed by atoms with van der Waals surface area (Å²) in [5, 5.41) is 12.7. The van der Waals surface area contributed by atoms with Crippen molar-refractivity contribution in [2.75, 3.05) is 0 Å². The maximum atomic E-state index is 13.8. The lowest BCUT2D eigenvalue weighted by Gasteiger charge is -2.05. The Morgan fingerprint density at radius 3 is 2.53 bits per heavy atom. The molecule has 2 rings (SSSR count). The molecule has 0 bridgehead atoms. The standard InChI is InChI=1S/C13H12F2N2O2/c1-7(2)17-6-8(5-16-17)9-3-4-10(13(18)19)12(15)11(9)14/h3-7H,1-2H3,(H,18,19). The third kappa shape index (κ3) is 2.33. The van der Waals surface area contributed by atoms with E-state index in [1.807, 2.05) is 13.8 Å². The van der Waals surface area contributed by atoms with Crippen molar-refractivity contribution in [3.63, 3.8) is 0 Å². The monoisotopic (exact) mass is 266 g/mol. The molecule has 2 aromatic rings. The third-order valence-electron chi connectivity index (χ3n) is 2.75. The average molecular weight is 266 g/mol. The predicted molar refractivity (Wildman–Crippen MR) is 64.9 cm³/mol. The fourth-order valence-electron chi connectivity index (χ4n) is 1.70. The van der Waals surface area contributed by atoms with Crippen LogP contribution in [0.3, 0.4) is 0 Å². The lowest BCUT2D eigenvalue weighted by Crippen LogP contribution is -2.03. The van der Waals surface area contributed by atoms with Crippen LogP contribution in [0, 0.1) is 11.6 Å². The zero-order valence-electron chi connectivity index (χ0n) is 10.4. The van der Waals surface area contributed by atoms with Gasteiger partial charge in [-0.2, -0.15) is 5.10 Å². The maximum absolute atomic E-state index is 13.8. The smallest absolute Gasteiger partial charge is 0.338 e. The van der Waals surface area contributed by atoms with Crippen LogP contribution >= 0.6 is 0 Å². The molecule has 0 saturated heterocycles. The molecule has 19 heavy (non-hydrogen) atoms. The molecule has 0 unspecified atom stereocenters. The molecule has 0 aliphatic carbocycles. The van der Waals surface area contributed by atoms with Crippen molar-refractivity contribution < 1.29 is 18.7 Å². The molecular formula is C13H12F2N2O2. The van der Waals surface area contributed by atoms with Crippen LogP contribution in [0.15, 0.2) is 24.5 Å². The third-order valence-corrected chi connectivity index (χ3v) is 2.75. The van der Waals surface area contributed by atoms with Crippen LogP contribution in [-0.2, 0) is 0 Å². The Kier molecular flexibility index (Phi) is 3.33. The predicted octanol–water partition coefficient (Wildman–Crippen LogP) is 3.11. The van der Waals surface area contributed by atoms with Crippen LogP contribution in [0.25, 0.3) is 11.1 Å². The van der Waals surface area contributed by atoms with Crippen LogP contribution in [0.2, 0.25) is 0 Å². The second-order valence-corrected chi connectivity index (χ2v) is 4.40. The molecule has 1 heterocycles. The van der Waals surface area contributed by atoms with E-state index in [9.17, 15) is 13.6 Å². The minimum atomic E-state index is -1.50. The minimum Gasteiger partial charge on any atom is -0.478 e. The van der Waals surface area contributed by atoms with Crippen LogP contribution in [0.4, 0.5) is 8.78 Å². The Morgan fingerprint density at radius 1 is 1.32 bits per heavy atom. The van der Waals surface area contributed by atoms with Crippen LogP contribution < -0.4 is 0 Å². The van der Waals surface area contributed by atoms with E-state index in [1.54, 1.807) is 10.9 Å². The van der Waals surface area contributed by atoms with E-state index in [1.165, 1.54) is 12.3 Å². The largest absolute Gasteiger partial charge is 0.478 e. The number of carbonyl (C=O) groups is 1. The number of hydrogen-bond acceptors (Lipinski definition) is 2. The number of aromatic carboxylic acids is 1. The van der Waals surface area contributed by atoms with Crippen LogP contribution in [-0.4, -0.2) is 20.9 Å². The fraction of sp³-hybridized carbons (Fsp3) is 0.231. The van der Waals surface area contributed by atoms with Gasteiger partial charge in [-0.05, 0) is 19.9 Å². The number of carboxylic acids is 1. The van der Waals surface area contributed by atoms with Gasteiger partial charge in [0, 0.05) is 23.4 Å². The molecule has 1 N–H and O–H groups in total. The van der Waals surface area contributed by atoms with Gasteiger partial charge in [0.2, 0.25) is 0 Å². The second-order valence-electron chi connectivity index (χ2n) is 4.40. The zero-order chi connectivity index (χ0) is 14.2. The topological polar surface area (TPSA) is 55.1 Å². The van der Waals surface area contributed by atoms with Crippen molar-refractivity contribution in [1.82, 2.24) is 9.78 Å². The first-order valence-electron chi connectivity index (χ1n) is 5.67. The van der Waals surface area contributed by atoms with Crippen molar-refractivity contribution in [1.29, 1.82) is 0 Å². The van der Waals surface area contributed by atoms with Crippen molar-refractivity contribution in [2.24, 2.45) is 0 Å². The number of rotatable bonds is 3. The highest BCUT2D eigenvalue weighted by Gasteiger charge is 2.19. The molecule has 0 atom stereocenters. The lowest BCUT2D eigenvalue weighted by atomic mass is 10.1. The highest BCUT2D eigenvalue weighted by Crippen LogP contribution is 2.26. The zero-order valence-corrected chi connectivity index (χ0v) is 10.4. The van der Waals surface area contributed by atoms with E-state index in [4.69, 9.17) is 5.11 Å². The summed E-state index contributed by atoms with van der Waals surface area (Å²) in [5.74, 6) is -4.04. The summed E-state index contributed by atoms with van der Waals surface area (Å²) in [6.45, 7) is 3.81. The highest BCUT2D eigenvalue weighted by atomic mass is 19.2. The normalized spacial score (nSPS) is 11.0. The number of hydrogen-bond donors (Lipinski definition) is 1. The molecule has 100 valence electrons. The Balaban J connectivity index is 2.51. The summed E-state index contributed by atoms with van der Waals surface area (Å²) in [6, 6.07) is 2.38. The quantitative estimate of drug-likeness (QED) is 0.928. The molecule has 0 aliphatic heterocycles. The van der Waals surface area contributed by atoms with Gasteiger partial charge in [0.05, 0.1) is 11.8 Å². The number of carboxylic acid groups (broad SMARTS) is 1. The molecule has 0 saturated carbocycles. The molecule has 1 aromatic carbocycles. The van der Waals surface area contributed by atoms with Crippen LogP contribution in [0.1, 0.15) is 30.2 Å².